The minimum absolute atomic E-state index is 0.0370. The molecule has 1 N–H and O–H groups in total. The molecule has 0 aliphatic heterocycles. The Labute approximate surface area is 134 Å². The number of fused-ring (bicyclic) bond motifs is 5. The Morgan fingerprint density at radius 1 is 1.17 bits per heavy atom. The number of benzene rings is 2. The van der Waals surface area contributed by atoms with Gasteiger partial charge in [-0.15, -0.1) is 0 Å². The molecule has 0 atom stereocenters. The van der Waals surface area contributed by atoms with Gasteiger partial charge >= 0.3 is 11.7 Å². The van der Waals surface area contributed by atoms with E-state index in [2.05, 4.69) is 4.98 Å². The van der Waals surface area contributed by atoms with Gasteiger partial charge in [-0.05, 0) is 30.3 Å². The number of carboxylic acid groups (broad SMARTS) is 1. The molecule has 2 aromatic carbocycles. The minimum Gasteiger partial charge on any atom is -0.478 e. The van der Waals surface area contributed by atoms with Crippen LogP contribution in [-0.4, -0.2) is 31.7 Å². The number of aromatic carboxylic acids is 1. The number of aromatic nitrogens is 3. The normalized spacial score (nSPS) is 11.5. The van der Waals surface area contributed by atoms with Gasteiger partial charge in [0.1, 0.15) is 6.67 Å². The maximum Gasteiger partial charge on any atom is 0.335 e. The number of hydrogen-bond acceptors (Lipinski definition) is 3. The molecule has 120 valence electrons. The van der Waals surface area contributed by atoms with Gasteiger partial charge in [0.25, 0.3) is 0 Å². The van der Waals surface area contributed by atoms with Gasteiger partial charge in [0.2, 0.25) is 0 Å². The molecule has 0 saturated heterocycles. The highest BCUT2D eigenvalue weighted by molar-refractivity contribution is 6.00. The first kappa shape index (κ1) is 14.4. The van der Waals surface area contributed by atoms with E-state index < -0.39 is 18.3 Å². The molecule has 0 unspecified atom stereocenters. The third-order valence-corrected chi connectivity index (χ3v) is 4.07. The van der Waals surface area contributed by atoms with Gasteiger partial charge < -0.3 is 5.11 Å². The molecule has 0 amide bonds. The van der Waals surface area contributed by atoms with Crippen LogP contribution in [-0.2, 0) is 6.54 Å². The van der Waals surface area contributed by atoms with Crippen LogP contribution >= 0.6 is 0 Å². The summed E-state index contributed by atoms with van der Waals surface area (Å²) in [4.78, 5) is 28.6. The van der Waals surface area contributed by atoms with E-state index in [0.29, 0.717) is 27.6 Å². The first-order valence-electron chi connectivity index (χ1n) is 7.35. The molecule has 4 rings (SSSR count). The zero-order valence-corrected chi connectivity index (χ0v) is 12.4. The molecule has 0 fully saturated rings. The molecule has 4 aromatic rings. The van der Waals surface area contributed by atoms with Crippen molar-refractivity contribution in [2.24, 2.45) is 0 Å². The predicted octanol–water partition coefficient (Wildman–Crippen LogP) is 2.47. The summed E-state index contributed by atoms with van der Waals surface area (Å²) in [5.74, 6) is -1.11. The quantitative estimate of drug-likeness (QED) is 0.628. The van der Waals surface area contributed by atoms with E-state index in [0.717, 1.165) is 0 Å². The van der Waals surface area contributed by atoms with Crippen LogP contribution in [0, 0.1) is 0 Å². The Morgan fingerprint density at radius 2 is 1.96 bits per heavy atom. The highest BCUT2D eigenvalue weighted by Gasteiger charge is 2.16. The molecular formula is C17H12FN3O3. The van der Waals surface area contributed by atoms with Gasteiger partial charge in [-0.2, -0.15) is 0 Å². The molecule has 0 radical (unpaired) electrons. The second kappa shape index (κ2) is 5.16. The van der Waals surface area contributed by atoms with Crippen LogP contribution in [0.3, 0.4) is 0 Å². The third-order valence-electron chi connectivity index (χ3n) is 4.07. The van der Waals surface area contributed by atoms with Crippen LogP contribution in [0.5, 0.6) is 0 Å². The van der Waals surface area contributed by atoms with Gasteiger partial charge in [-0.25, -0.2) is 23.4 Å². The molecule has 0 aliphatic rings. The second-order valence-electron chi connectivity index (χ2n) is 5.42. The summed E-state index contributed by atoms with van der Waals surface area (Å²) in [5, 5.41) is 9.78. The maximum absolute atomic E-state index is 13.0. The number of imidazole rings is 1. The summed E-state index contributed by atoms with van der Waals surface area (Å²) in [6.07, 6.45) is 0. The molecule has 2 heterocycles. The van der Waals surface area contributed by atoms with Crippen LogP contribution in [0.25, 0.3) is 27.6 Å². The van der Waals surface area contributed by atoms with E-state index in [1.165, 1.54) is 21.1 Å². The maximum atomic E-state index is 13.0. The zero-order valence-electron chi connectivity index (χ0n) is 12.4. The Balaban J connectivity index is 2.26. The van der Waals surface area contributed by atoms with E-state index in [1.54, 1.807) is 24.3 Å². The number of nitrogens with zero attached hydrogens (tertiary/aromatic N) is 3. The Hall–Kier alpha value is -3.22. The number of alkyl halides is 1. The number of aryl methyl sites for hydroxylation is 1. The van der Waals surface area contributed by atoms with Crippen LogP contribution in [0.2, 0.25) is 0 Å². The van der Waals surface area contributed by atoms with E-state index >= 15 is 0 Å². The topological polar surface area (TPSA) is 76.6 Å². The van der Waals surface area contributed by atoms with Crippen LogP contribution in [0.15, 0.2) is 47.3 Å². The largest absolute Gasteiger partial charge is 0.478 e. The first-order valence-corrected chi connectivity index (χ1v) is 7.35. The van der Waals surface area contributed by atoms with Crippen molar-refractivity contribution in [1.82, 2.24) is 14.0 Å². The number of para-hydroxylation sites is 2. The number of rotatable bonds is 3. The van der Waals surface area contributed by atoms with Gasteiger partial charge in [-0.1, -0.05) is 12.1 Å². The monoisotopic (exact) mass is 325 g/mol. The summed E-state index contributed by atoms with van der Waals surface area (Å²) in [7, 11) is 0. The summed E-state index contributed by atoms with van der Waals surface area (Å²) in [5.41, 5.74) is 1.68. The van der Waals surface area contributed by atoms with Crippen LogP contribution in [0.4, 0.5) is 4.39 Å². The van der Waals surface area contributed by atoms with E-state index in [1.807, 2.05) is 6.07 Å². The van der Waals surface area contributed by atoms with E-state index in [-0.39, 0.29) is 12.1 Å². The first-order chi connectivity index (χ1) is 11.6. The summed E-state index contributed by atoms with van der Waals surface area (Å²) in [6, 6.07) is 11.6. The summed E-state index contributed by atoms with van der Waals surface area (Å²) < 4.78 is 15.7. The summed E-state index contributed by atoms with van der Waals surface area (Å²) in [6.45, 7) is -0.884. The average molecular weight is 325 g/mol. The highest BCUT2D eigenvalue weighted by atomic mass is 19.1. The molecule has 0 bridgehead atoms. The summed E-state index contributed by atoms with van der Waals surface area (Å²) >= 11 is 0. The minimum atomic E-state index is -1.11. The molecule has 7 heteroatoms. The predicted molar refractivity (Wildman–Crippen MR) is 87.4 cm³/mol. The van der Waals surface area contributed by atoms with E-state index in [9.17, 15) is 19.1 Å². The molecule has 0 spiro atoms. The fourth-order valence-corrected chi connectivity index (χ4v) is 3.00. The number of carbonyl (C=O) groups is 1. The lowest BCUT2D eigenvalue weighted by Gasteiger charge is -2.11. The molecular weight excluding hydrogens is 313 g/mol. The molecule has 24 heavy (non-hydrogen) atoms. The fourth-order valence-electron chi connectivity index (χ4n) is 3.00. The van der Waals surface area contributed by atoms with Gasteiger partial charge in [-0.3, -0.25) is 4.57 Å². The standard InChI is InChI=1S/C17H12FN3O3/c18-7-8-20-14-9-10(16(22)23)5-6-11(14)15-19-12-3-1-2-4-13(12)21(15)17(20)24/h1-6,9H,7-8H2,(H,22,23). The lowest BCUT2D eigenvalue weighted by Crippen LogP contribution is -2.28. The SMILES string of the molecule is O=C(O)c1ccc2c(c1)n(CCF)c(=O)n1c3ccccc3nc21. The smallest absolute Gasteiger partial charge is 0.335 e. The second-order valence-corrected chi connectivity index (χ2v) is 5.42. The van der Waals surface area contributed by atoms with Gasteiger partial charge in [0.15, 0.2) is 5.65 Å². The van der Waals surface area contributed by atoms with Crippen molar-refractivity contribution >= 4 is 33.6 Å². The number of carboxylic acids is 1. The molecule has 0 aliphatic carbocycles. The molecule has 2 aromatic heterocycles. The Bertz CT molecular complexity index is 1180. The van der Waals surface area contributed by atoms with Crippen molar-refractivity contribution in [2.75, 3.05) is 6.67 Å². The van der Waals surface area contributed by atoms with Gasteiger partial charge in [0, 0.05) is 5.39 Å². The van der Waals surface area contributed by atoms with Crippen molar-refractivity contribution in [1.29, 1.82) is 0 Å². The van der Waals surface area contributed by atoms with Gasteiger partial charge in [0.05, 0.1) is 28.7 Å². The van der Waals surface area contributed by atoms with Crippen molar-refractivity contribution < 1.29 is 14.3 Å². The van der Waals surface area contributed by atoms with Crippen molar-refractivity contribution in [3.8, 4) is 0 Å². The average Bonchev–Trinajstić information content (AvgIpc) is 2.98. The number of halogens is 1. The third kappa shape index (κ3) is 1.91. The lowest BCUT2D eigenvalue weighted by atomic mass is 10.1. The number of hydrogen-bond donors (Lipinski definition) is 1. The Kier molecular flexibility index (Phi) is 3.09. The Morgan fingerprint density at radius 3 is 2.71 bits per heavy atom. The zero-order chi connectivity index (χ0) is 16.8. The van der Waals surface area contributed by atoms with E-state index in [4.69, 9.17) is 0 Å². The lowest BCUT2D eigenvalue weighted by molar-refractivity contribution is 0.0697. The van der Waals surface area contributed by atoms with Crippen molar-refractivity contribution in [3.63, 3.8) is 0 Å². The highest BCUT2D eigenvalue weighted by Crippen LogP contribution is 2.23. The van der Waals surface area contributed by atoms with Crippen molar-refractivity contribution in [2.45, 2.75) is 6.54 Å². The van der Waals surface area contributed by atoms with Crippen LogP contribution in [0.1, 0.15) is 10.4 Å². The molecule has 0 saturated carbocycles. The fraction of sp³-hybridized carbons (Fsp3) is 0.118. The van der Waals surface area contributed by atoms with Crippen LogP contribution < -0.4 is 5.69 Å². The molecule has 6 nitrogen and oxygen atoms in total. The van der Waals surface area contributed by atoms with Crippen molar-refractivity contribution in [3.05, 3.63) is 58.5 Å².